The van der Waals surface area contributed by atoms with Gasteiger partial charge in [-0.1, -0.05) is 0 Å². The van der Waals surface area contributed by atoms with Crippen molar-refractivity contribution in [3.05, 3.63) is 120 Å². The quantitative estimate of drug-likeness (QED) is 0.374. The molecule has 0 aliphatic carbocycles. The first-order valence-corrected chi connectivity index (χ1v) is 11.5. The summed E-state index contributed by atoms with van der Waals surface area (Å²) in [5.74, 6) is 0. The molecule has 0 aliphatic rings. The second kappa shape index (κ2) is 8.86. The van der Waals surface area contributed by atoms with Gasteiger partial charge in [0.1, 0.15) is 0 Å². The van der Waals surface area contributed by atoms with E-state index in [0.29, 0.717) is 0 Å². The molecular formula is C26H26BrP. The Bertz CT molecular complexity index is 931. The van der Waals surface area contributed by atoms with E-state index in [9.17, 15) is 0 Å². The maximum absolute atomic E-state index is 2.38. The first-order valence-electron chi connectivity index (χ1n) is 9.48. The standard InChI is InChI=1S/C26H25P.BrH/c1-21-13-12-20-26(22(21)2)27(23-14-6-3-7-15-23,24-16-8-4-9-17-24)25-18-10-5-11-19-25;/h3-20,27H,1-2H3;1H. The molecule has 28 heavy (non-hydrogen) atoms. The van der Waals surface area contributed by atoms with Crippen molar-refractivity contribution in [3.63, 3.8) is 0 Å². The van der Waals surface area contributed by atoms with Gasteiger partial charge in [0, 0.05) is 0 Å². The average molecular weight is 449 g/mol. The number of hydrogen-bond acceptors (Lipinski definition) is 0. The van der Waals surface area contributed by atoms with Crippen molar-refractivity contribution in [1.82, 2.24) is 0 Å². The van der Waals surface area contributed by atoms with Gasteiger partial charge in [-0.25, -0.2) is 0 Å². The predicted molar refractivity (Wildman–Crippen MR) is 132 cm³/mol. The van der Waals surface area contributed by atoms with Gasteiger partial charge < -0.3 is 0 Å². The van der Waals surface area contributed by atoms with Gasteiger partial charge in [0.15, 0.2) is 0 Å². The zero-order valence-electron chi connectivity index (χ0n) is 16.3. The van der Waals surface area contributed by atoms with Crippen LogP contribution in [-0.4, -0.2) is 0 Å². The zero-order valence-corrected chi connectivity index (χ0v) is 19.0. The minimum absolute atomic E-state index is 0. The fourth-order valence-electron chi connectivity index (χ4n) is 4.19. The van der Waals surface area contributed by atoms with E-state index in [1.165, 1.54) is 32.3 Å². The predicted octanol–water partition coefficient (Wildman–Crippen LogP) is 5.23. The normalized spacial score (nSPS) is 11.5. The molecule has 4 rings (SSSR count). The van der Waals surface area contributed by atoms with Gasteiger partial charge in [-0.05, 0) is 0 Å². The van der Waals surface area contributed by atoms with Crippen molar-refractivity contribution in [3.8, 4) is 0 Å². The van der Waals surface area contributed by atoms with Crippen LogP contribution in [0.1, 0.15) is 11.1 Å². The van der Waals surface area contributed by atoms with Crippen LogP contribution < -0.4 is 21.2 Å². The van der Waals surface area contributed by atoms with Crippen LogP contribution in [0.25, 0.3) is 0 Å². The maximum atomic E-state index is 2.35. The van der Waals surface area contributed by atoms with E-state index in [0.717, 1.165) is 0 Å². The summed E-state index contributed by atoms with van der Waals surface area (Å²) >= 11 is 0. The molecule has 0 fully saturated rings. The summed E-state index contributed by atoms with van der Waals surface area (Å²) in [7, 11) is -2.38. The summed E-state index contributed by atoms with van der Waals surface area (Å²) in [6.07, 6.45) is 0. The van der Waals surface area contributed by atoms with Crippen molar-refractivity contribution < 1.29 is 0 Å². The van der Waals surface area contributed by atoms with Gasteiger partial charge in [-0.2, -0.15) is 0 Å². The van der Waals surface area contributed by atoms with Crippen molar-refractivity contribution in [2.45, 2.75) is 13.8 Å². The molecule has 4 aromatic rings. The van der Waals surface area contributed by atoms with E-state index in [-0.39, 0.29) is 17.0 Å². The SMILES string of the molecule is Br.Cc1cccc([PH](c2ccccc2)(c2ccccc2)c2ccccc2)c1C. The molecule has 142 valence electrons. The molecule has 0 nitrogen and oxygen atoms in total. The van der Waals surface area contributed by atoms with Crippen LogP contribution in [0.5, 0.6) is 0 Å². The van der Waals surface area contributed by atoms with Crippen LogP contribution in [0.2, 0.25) is 0 Å². The van der Waals surface area contributed by atoms with Crippen LogP contribution in [0, 0.1) is 13.8 Å². The summed E-state index contributed by atoms with van der Waals surface area (Å²) in [4.78, 5) is 0. The van der Waals surface area contributed by atoms with Gasteiger partial charge in [0.2, 0.25) is 0 Å². The topological polar surface area (TPSA) is 0 Å². The molecule has 0 N–H and O–H groups in total. The van der Waals surface area contributed by atoms with Crippen LogP contribution in [0.15, 0.2) is 109 Å². The molecule has 0 amide bonds. The molecule has 0 bridgehead atoms. The van der Waals surface area contributed by atoms with E-state index in [1.807, 2.05) is 0 Å². The van der Waals surface area contributed by atoms with Gasteiger partial charge >= 0.3 is 163 Å². The summed E-state index contributed by atoms with van der Waals surface area (Å²) in [6.45, 7) is 4.50. The van der Waals surface area contributed by atoms with Crippen LogP contribution >= 0.6 is 24.2 Å². The molecule has 2 heteroatoms. The molecular weight excluding hydrogens is 423 g/mol. The Morgan fingerprint density at radius 3 is 1.25 bits per heavy atom. The fraction of sp³-hybridized carbons (Fsp3) is 0.0769. The number of benzene rings is 4. The van der Waals surface area contributed by atoms with E-state index < -0.39 is 7.26 Å². The number of hydrogen-bond donors (Lipinski definition) is 0. The van der Waals surface area contributed by atoms with Gasteiger partial charge in [-0.15, -0.1) is 17.0 Å². The van der Waals surface area contributed by atoms with E-state index in [1.54, 1.807) is 0 Å². The summed E-state index contributed by atoms with van der Waals surface area (Å²) in [6, 6.07) is 40.1. The molecule has 0 atom stereocenters. The Balaban J connectivity index is 0.00000225. The third-order valence-corrected chi connectivity index (χ3v) is 10.6. The second-order valence-corrected chi connectivity index (χ2v) is 10.9. The van der Waals surface area contributed by atoms with Crippen molar-refractivity contribution in [2.24, 2.45) is 0 Å². The molecule has 0 radical (unpaired) electrons. The molecule has 0 saturated carbocycles. The van der Waals surface area contributed by atoms with Crippen molar-refractivity contribution in [1.29, 1.82) is 0 Å². The summed E-state index contributed by atoms with van der Waals surface area (Å²) in [5.41, 5.74) is 2.76. The molecule has 0 aromatic heterocycles. The first-order chi connectivity index (χ1) is 13.2. The third-order valence-electron chi connectivity index (χ3n) is 5.63. The van der Waals surface area contributed by atoms with Crippen LogP contribution in [0.4, 0.5) is 0 Å². The van der Waals surface area contributed by atoms with Crippen LogP contribution in [0.3, 0.4) is 0 Å². The molecule has 0 saturated heterocycles. The molecule has 0 unspecified atom stereocenters. The molecule has 0 aliphatic heterocycles. The minimum atomic E-state index is -2.38. The molecule has 4 aromatic carbocycles. The zero-order chi connectivity index (χ0) is 18.7. The van der Waals surface area contributed by atoms with E-state index >= 15 is 0 Å². The van der Waals surface area contributed by atoms with Gasteiger partial charge in [-0.3, -0.25) is 0 Å². The first kappa shape index (κ1) is 20.5. The fourth-order valence-corrected chi connectivity index (χ4v) is 9.30. The number of halogens is 1. The monoisotopic (exact) mass is 448 g/mol. The average Bonchev–Trinajstić information content (AvgIpc) is 2.74. The van der Waals surface area contributed by atoms with Gasteiger partial charge in [0.25, 0.3) is 0 Å². The Morgan fingerprint density at radius 2 is 0.857 bits per heavy atom. The number of rotatable bonds is 4. The van der Waals surface area contributed by atoms with Gasteiger partial charge in [0.05, 0.1) is 0 Å². The van der Waals surface area contributed by atoms with E-state index in [2.05, 4.69) is 123 Å². The second-order valence-electron chi connectivity index (χ2n) is 7.10. The Morgan fingerprint density at radius 1 is 0.464 bits per heavy atom. The number of aryl methyl sites for hydroxylation is 1. The van der Waals surface area contributed by atoms with Crippen molar-refractivity contribution >= 4 is 45.5 Å². The van der Waals surface area contributed by atoms with E-state index in [4.69, 9.17) is 0 Å². The van der Waals surface area contributed by atoms with Crippen molar-refractivity contribution in [2.75, 3.05) is 0 Å². The third kappa shape index (κ3) is 3.46. The Kier molecular flexibility index (Phi) is 6.50. The van der Waals surface area contributed by atoms with Crippen LogP contribution in [-0.2, 0) is 0 Å². The molecule has 0 spiro atoms. The Hall–Kier alpha value is -2.21. The molecule has 0 heterocycles. The summed E-state index contributed by atoms with van der Waals surface area (Å²) < 4.78 is 0. The Labute approximate surface area is 179 Å². The summed E-state index contributed by atoms with van der Waals surface area (Å²) in [5, 5.41) is 5.76.